The van der Waals surface area contributed by atoms with Gasteiger partial charge in [0.05, 0.1) is 37.2 Å². The lowest BCUT2D eigenvalue weighted by atomic mass is 10.0. The standard InChI is InChI=1S/C21H16FN7O3.C19H19FN4O2/c1-28-17(6-16(27-28)20(30)31)14-9-25-21(29-10-11(7-23)26-19(14)29)24-8-13-12-4-5-32-18(12)3-2-15(13)22;1-24-7-2-3-13(18(24)25)12-9-21-19(22-10-12)23-11-15-14-6-8-26-17(14)5-4-16(15)20/h2-3,6,9-10H,4-5,8H2,1H3,(H,24,25)(H,30,31);2-5,7,9H,6,8,10-11H2,1H3,(H2,21,22,23). The molecule has 2 aromatic carbocycles. The van der Waals surface area contributed by atoms with Crippen molar-refractivity contribution >= 4 is 29.1 Å². The fourth-order valence-corrected chi connectivity index (χ4v) is 7.04. The van der Waals surface area contributed by atoms with E-state index in [-0.39, 0.29) is 35.1 Å². The van der Waals surface area contributed by atoms with Gasteiger partial charge in [0.25, 0.3) is 5.56 Å². The number of guanidine groups is 1. The zero-order chi connectivity index (χ0) is 40.5. The van der Waals surface area contributed by atoms with Crippen LogP contribution in [-0.2, 0) is 40.0 Å². The molecule has 3 aliphatic heterocycles. The largest absolute Gasteiger partial charge is 0.493 e. The highest BCUT2D eigenvalue weighted by Gasteiger charge is 2.23. The maximum absolute atomic E-state index is 14.5. The van der Waals surface area contributed by atoms with Crippen LogP contribution in [0.1, 0.15) is 44.0 Å². The Labute approximate surface area is 328 Å². The Morgan fingerprint density at radius 3 is 2.31 bits per heavy atom. The maximum atomic E-state index is 14.5. The van der Waals surface area contributed by atoms with Crippen molar-refractivity contribution in [2.24, 2.45) is 19.1 Å². The van der Waals surface area contributed by atoms with Crippen molar-refractivity contribution in [1.29, 1.82) is 5.26 Å². The van der Waals surface area contributed by atoms with Gasteiger partial charge in [-0.2, -0.15) is 10.4 Å². The number of fused-ring (bicyclic) bond motifs is 3. The van der Waals surface area contributed by atoms with Crippen LogP contribution in [0.25, 0.3) is 22.5 Å². The van der Waals surface area contributed by atoms with E-state index < -0.39 is 5.97 Å². The summed E-state index contributed by atoms with van der Waals surface area (Å²) in [5, 5.41) is 31.8. The molecule has 7 heterocycles. The molecule has 0 saturated heterocycles. The van der Waals surface area contributed by atoms with Crippen LogP contribution in [-0.4, -0.2) is 65.5 Å². The predicted octanol–water partition coefficient (Wildman–Crippen LogP) is 3.93. The van der Waals surface area contributed by atoms with E-state index in [4.69, 9.17) is 9.47 Å². The lowest BCUT2D eigenvalue weighted by Crippen LogP contribution is -2.37. The molecule has 0 fully saturated rings. The normalized spacial score (nSPS) is 13.8. The quantitative estimate of drug-likeness (QED) is 0.174. The average molecular weight is 788 g/mol. The fraction of sp³-hybridized carbons (Fsp3) is 0.225. The number of hydrogen-bond acceptors (Lipinski definition) is 12. The second-order valence-electron chi connectivity index (χ2n) is 13.5. The minimum Gasteiger partial charge on any atom is -0.493 e. The van der Waals surface area contributed by atoms with Crippen molar-refractivity contribution in [2.75, 3.05) is 25.1 Å². The molecular formula is C40H35F2N11O5. The number of carboxylic acid groups (broad SMARTS) is 1. The number of carbonyl (C=O) groups is 1. The Kier molecular flexibility index (Phi) is 10.0. The van der Waals surface area contributed by atoms with Gasteiger partial charge in [-0.1, -0.05) is 0 Å². The number of nitrogens with zero attached hydrogens (tertiary/aromatic N) is 8. The van der Waals surface area contributed by atoms with Gasteiger partial charge in [-0.3, -0.25) is 13.9 Å². The molecule has 3 aliphatic rings. The number of hydrogen-bond donors (Lipinski definition) is 4. The molecule has 58 heavy (non-hydrogen) atoms. The van der Waals surface area contributed by atoms with E-state index in [1.165, 1.54) is 39.8 Å². The average Bonchev–Trinajstić information content (AvgIpc) is 4.05. The summed E-state index contributed by atoms with van der Waals surface area (Å²) < 4.78 is 44.2. The van der Waals surface area contributed by atoms with Crippen LogP contribution >= 0.6 is 0 Å². The lowest BCUT2D eigenvalue weighted by Gasteiger charge is -2.17. The number of rotatable bonds is 8. The summed E-state index contributed by atoms with van der Waals surface area (Å²) in [4.78, 5) is 36.7. The first-order valence-corrected chi connectivity index (χ1v) is 18.2. The first-order chi connectivity index (χ1) is 28.1. The molecule has 4 aromatic heterocycles. The summed E-state index contributed by atoms with van der Waals surface area (Å²) in [6.07, 6.45) is 7.85. The number of pyridine rings is 1. The number of anilines is 1. The Bertz CT molecular complexity index is 2780. The van der Waals surface area contributed by atoms with Crippen molar-refractivity contribution in [1.82, 2.24) is 39.3 Å². The minimum absolute atomic E-state index is 0.0610. The molecule has 18 heteroatoms. The first kappa shape index (κ1) is 37.4. The van der Waals surface area contributed by atoms with Crippen LogP contribution in [0.15, 0.2) is 77.0 Å². The lowest BCUT2D eigenvalue weighted by molar-refractivity contribution is 0.0689. The molecular weight excluding hydrogens is 753 g/mol. The van der Waals surface area contributed by atoms with E-state index in [0.717, 1.165) is 22.4 Å². The van der Waals surface area contributed by atoms with E-state index in [2.05, 4.69) is 36.0 Å². The monoisotopic (exact) mass is 787 g/mol. The topological polar surface area (TPSA) is 198 Å². The summed E-state index contributed by atoms with van der Waals surface area (Å²) in [5.41, 5.74) is 5.62. The summed E-state index contributed by atoms with van der Waals surface area (Å²) in [7, 11) is 3.33. The molecule has 294 valence electrons. The number of carboxylic acids is 1. The summed E-state index contributed by atoms with van der Waals surface area (Å²) in [5.74, 6) is 0.597. The number of ether oxygens (including phenoxy) is 2. The highest BCUT2D eigenvalue weighted by atomic mass is 19.1. The van der Waals surface area contributed by atoms with Crippen LogP contribution in [0, 0.1) is 23.0 Å². The summed E-state index contributed by atoms with van der Waals surface area (Å²) in [6, 6.07) is 13.1. The highest BCUT2D eigenvalue weighted by Crippen LogP contribution is 2.32. The number of aliphatic imine (C=N–C) groups is 1. The van der Waals surface area contributed by atoms with Crippen molar-refractivity contribution in [3.8, 4) is 28.8 Å². The fourth-order valence-electron chi connectivity index (χ4n) is 7.04. The van der Waals surface area contributed by atoms with Crippen LogP contribution in [0.4, 0.5) is 14.7 Å². The van der Waals surface area contributed by atoms with Gasteiger partial charge >= 0.3 is 5.97 Å². The van der Waals surface area contributed by atoms with Gasteiger partial charge in [-0.25, -0.2) is 28.5 Å². The van der Waals surface area contributed by atoms with E-state index in [0.29, 0.717) is 90.4 Å². The third-order valence-corrected chi connectivity index (χ3v) is 9.98. The van der Waals surface area contributed by atoms with Gasteiger partial charge in [0, 0.05) is 92.0 Å². The number of aryl methyl sites for hydroxylation is 2. The van der Waals surface area contributed by atoms with Gasteiger partial charge < -0.3 is 35.1 Å². The maximum Gasteiger partial charge on any atom is 0.356 e. The van der Waals surface area contributed by atoms with Gasteiger partial charge in [0.1, 0.15) is 29.2 Å². The number of aromatic carboxylic acids is 1. The SMILES string of the molecule is Cn1cccc(C2=CNC(NCc3c(F)ccc4c3CCO4)=NC2)c1=O.Cn1nc(C(=O)O)cc1-c1cnc(NCc2c(F)ccc3c2CCO3)n2cc(C#N)nc12. The molecule has 0 unspecified atom stereocenters. The number of aromatic nitrogens is 6. The van der Waals surface area contributed by atoms with Crippen LogP contribution < -0.4 is 31.0 Å². The molecule has 16 nitrogen and oxygen atoms in total. The molecule has 6 aromatic rings. The second-order valence-corrected chi connectivity index (χ2v) is 13.5. The molecule has 0 bridgehead atoms. The van der Waals surface area contributed by atoms with Crippen molar-refractivity contribution in [2.45, 2.75) is 25.9 Å². The number of imidazole rings is 1. The van der Waals surface area contributed by atoms with Crippen molar-refractivity contribution in [3.05, 3.63) is 128 Å². The third-order valence-electron chi connectivity index (χ3n) is 9.98. The van der Waals surface area contributed by atoms with E-state index in [9.17, 15) is 28.7 Å². The van der Waals surface area contributed by atoms with Crippen LogP contribution in [0.5, 0.6) is 11.5 Å². The number of nitrogens with one attached hydrogen (secondary N) is 3. The molecule has 0 spiro atoms. The molecule has 0 radical (unpaired) electrons. The molecule has 0 amide bonds. The molecule has 0 atom stereocenters. The summed E-state index contributed by atoms with van der Waals surface area (Å²) in [6.45, 7) is 1.96. The number of benzene rings is 2. The zero-order valence-electron chi connectivity index (χ0n) is 31.2. The second kappa shape index (κ2) is 15.5. The minimum atomic E-state index is -1.16. The Morgan fingerprint density at radius 1 is 1.00 bits per heavy atom. The van der Waals surface area contributed by atoms with E-state index >= 15 is 0 Å². The predicted molar refractivity (Wildman–Crippen MR) is 207 cm³/mol. The van der Waals surface area contributed by atoms with E-state index in [1.54, 1.807) is 49.1 Å². The van der Waals surface area contributed by atoms with Gasteiger partial charge in [0.15, 0.2) is 23.0 Å². The van der Waals surface area contributed by atoms with Crippen molar-refractivity contribution < 1.29 is 28.2 Å². The Morgan fingerprint density at radius 2 is 1.69 bits per heavy atom. The number of halogens is 2. The first-order valence-electron chi connectivity index (χ1n) is 18.2. The van der Waals surface area contributed by atoms with Gasteiger partial charge in [0.2, 0.25) is 5.95 Å². The third kappa shape index (κ3) is 7.16. The molecule has 4 N–H and O–H groups in total. The highest BCUT2D eigenvalue weighted by molar-refractivity contribution is 5.88. The van der Waals surface area contributed by atoms with Crippen LogP contribution in [0.3, 0.4) is 0 Å². The van der Waals surface area contributed by atoms with Crippen molar-refractivity contribution in [3.63, 3.8) is 0 Å². The van der Waals surface area contributed by atoms with Crippen LogP contribution in [0.2, 0.25) is 0 Å². The number of nitriles is 1. The molecule has 0 saturated carbocycles. The molecule has 9 rings (SSSR count). The van der Waals surface area contributed by atoms with Gasteiger partial charge in [-0.15, -0.1) is 0 Å². The Hall–Kier alpha value is -7.55. The zero-order valence-corrected chi connectivity index (χ0v) is 31.2. The van der Waals surface area contributed by atoms with E-state index in [1.807, 2.05) is 12.1 Å². The Balaban J connectivity index is 0.000000165. The smallest absolute Gasteiger partial charge is 0.356 e. The summed E-state index contributed by atoms with van der Waals surface area (Å²) >= 11 is 0. The molecule has 0 aliphatic carbocycles. The van der Waals surface area contributed by atoms with Gasteiger partial charge in [-0.05, 0) is 42.5 Å².